The molecule has 0 unspecified atom stereocenters. The lowest BCUT2D eigenvalue weighted by molar-refractivity contribution is -0.115. The van der Waals surface area contributed by atoms with E-state index in [2.05, 4.69) is 25.8 Å². The number of amides is 1. The molecule has 4 aromatic rings. The average molecular weight is 453 g/mol. The van der Waals surface area contributed by atoms with Crippen LogP contribution in [0.1, 0.15) is 13.3 Å². The first-order valence-electron chi connectivity index (χ1n) is 9.68. The van der Waals surface area contributed by atoms with Crippen molar-refractivity contribution in [3.8, 4) is 22.7 Å². The van der Waals surface area contributed by atoms with E-state index in [0.29, 0.717) is 29.1 Å². The molecule has 0 saturated heterocycles. The second-order valence-electron chi connectivity index (χ2n) is 6.35. The number of carbonyl (C=O) groups excluding carboxylic acids is 1. The Bertz CT molecular complexity index is 1130. The van der Waals surface area contributed by atoms with Crippen LogP contribution in [-0.4, -0.2) is 43.5 Å². The van der Waals surface area contributed by atoms with Crippen molar-refractivity contribution in [1.82, 2.24) is 25.2 Å². The number of nitrogens with zero attached hydrogens (tertiary/aromatic N) is 5. The summed E-state index contributed by atoms with van der Waals surface area (Å²) in [6, 6.07) is 17.4. The van der Waals surface area contributed by atoms with Crippen molar-refractivity contribution in [2.24, 2.45) is 0 Å². The summed E-state index contributed by atoms with van der Waals surface area (Å²) in [5.74, 6) is 1.28. The number of para-hydroxylation sites is 1. The fourth-order valence-corrected chi connectivity index (χ4v) is 4.33. The maximum atomic E-state index is 12.3. The van der Waals surface area contributed by atoms with Crippen LogP contribution >= 0.6 is 23.1 Å². The van der Waals surface area contributed by atoms with Crippen LogP contribution in [0.3, 0.4) is 0 Å². The van der Waals surface area contributed by atoms with Gasteiger partial charge in [-0.15, -0.1) is 16.4 Å². The van der Waals surface area contributed by atoms with Gasteiger partial charge in [0, 0.05) is 23.1 Å². The minimum Gasteiger partial charge on any atom is -0.494 e. The van der Waals surface area contributed by atoms with Crippen molar-refractivity contribution in [2.75, 3.05) is 17.7 Å². The molecule has 0 spiro atoms. The normalized spacial score (nSPS) is 10.7. The molecule has 0 saturated carbocycles. The average Bonchev–Trinajstić information content (AvgIpc) is 3.45. The number of thiazole rings is 1. The molecule has 2 heterocycles. The van der Waals surface area contributed by atoms with E-state index in [1.54, 1.807) is 4.68 Å². The predicted molar refractivity (Wildman–Crippen MR) is 122 cm³/mol. The Morgan fingerprint density at radius 2 is 1.97 bits per heavy atom. The van der Waals surface area contributed by atoms with E-state index in [-0.39, 0.29) is 5.91 Å². The van der Waals surface area contributed by atoms with Gasteiger partial charge in [0.05, 0.1) is 18.0 Å². The van der Waals surface area contributed by atoms with Gasteiger partial charge < -0.3 is 10.1 Å². The number of benzene rings is 2. The van der Waals surface area contributed by atoms with Crippen molar-refractivity contribution in [2.45, 2.75) is 18.5 Å². The van der Waals surface area contributed by atoms with Gasteiger partial charge in [-0.3, -0.25) is 4.79 Å². The second kappa shape index (κ2) is 10.2. The van der Waals surface area contributed by atoms with Crippen molar-refractivity contribution in [1.29, 1.82) is 0 Å². The Morgan fingerprint density at radius 1 is 1.16 bits per heavy atom. The smallest absolute Gasteiger partial charge is 0.226 e. The van der Waals surface area contributed by atoms with E-state index in [4.69, 9.17) is 4.74 Å². The number of anilines is 1. The third-order valence-electron chi connectivity index (χ3n) is 4.21. The van der Waals surface area contributed by atoms with Crippen molar-refractivity contribution in [3.63, 3.8) is 0 Å². The van der Waals surface area contributed by atoms with Crippen molar-refractivity contribution < 1.29 is 9.53 Å². The standard InChI is InChI=1S/C21H20N6O2S2/c1-2-29-17-10-8-15(9-11-17)18-14-31-20(22-18)23-19(28)12-13-30-21-24-25-26-27(21)16-6-4-3-5-7-16/h3-11,14H,2,12-13H2,1H3,(H,22,23,28). The van der Waals surface area contributed by atoms with Crippen LogP contribution in [-0.2, 0) is 4.79 Å². The molecule has 0 radical (unpaired) electrons. The van der Waals surface area contributed by atoms with E-state index in [0.717, 1.165) is 22.7 Å². The summed E-state index contributed by atoms with van der Waals surface area (Å²) in [7, 11) is 0. The molecule has 0 aliphatic carbocycles. The zero-order valence-corrected chi connectivity index (χ0v) is 18.4. The van der Waals surface area contributed by atoms with Crippen LogP contribution in [0, 0.1) is 0 Å². The van der Waals surface area contributed by atoms with Crippen LogP contribution < -0.4 is 10.1 Å². The molecule has 10 heteroatoms. The zero-order chi connectivity index (χ0) is 21.5. The van der Waals surface area contributed by atoms with Crippen LogP contribution in [0.25, 0.3) is 16.9 Å². The van der Waals surface area contributed by atoms with Gasteiger partial charge in [-0.05, 0) is 53.7 Å². The largest absolute Gasteiger partial charge is 0.494 e. The molecule has 0 atom stereocenters. The summed E-state index contributed by atoms with van der Waals surface area (Å²) in [6.07, 6.45) is 0.324. The number of hydrogen-bond donors (Lipinski definition) is 1. The van der Waals surface area contributed by atoms with E-state index < -0.39 is 0 Å². The molecule has 0 fully saturated rings. The minimum atomic E-state index is -0.0983. The van der Waals surface area contributed by atoms with E-state index >= 15 is 0 Å². The van der Waals surface area contributed by atoms with Gasteiger partial charge in [-0.25, -0.2) is 4.98 Å². The fourth-order valence-electron chi connectivity index (χ4n) is 2.77. The zero-order valence-electron chi connectivity index (χ0n) is 16.8. The van der Waals surface area contributed by atoms with Crippen LogP contribution in [0.5, 0.6) is 5.75 Å². The molecule has 158 valence electrons. The lowest BCUT2D eigenvalue weighted by Gasteiger charge is -2.04. The number of hydrogen-bond acceptors (Lipinski definition) is 8. The third-order valence-corrected chi connectivity index (χ3v) is 5.89. The number of tetrazole rings is 1. The fraction of sp³-hybridized carbons (Fsp3) is 0.190. The first-order valence-corrected chi connectivity index (χ1v) is 11.5. The van der Waals surface area contributed by atoms with E-state index in [1.807, 2.05) is 66.9 Å². The van der Waals surface area contributed by atoms with Crippen molar-refractivity contribution in [3.05, 3.63) is 60.0 Å². The number of carbonyl (C=O) groups is 1. The quantitative estimate of drug-likeness (QED) is 0.378. The lowest BCUT2D eigenvalue weighted by Crippen LogP contribution is -2.12. The van der Waals surface area contributed by atoms with Gasteiger partial charge >= 0.3 is 0 Å². The second-order valence-corrected chi connectivity index (χ2v) is 8.27. The summed E-state index contributed by atoms with van der Waals surface area (Å²) < 4.78 is 7.12. The molecule has 0 aliphatic heterocycles. The van der Waals surface area contributed by atoms with Gasteiger partial charge in [-0.1, -0.05) is 30.0 Å². The first-order chi connectivity index (χ1) is 15.2. The molecule has 4 rings (SSSR count). The SMILES string of the molecule is CCOc1ccc(-c2csc(NC(=O)CCSc3nnnn3-c3ccccc3)n2)cc1. The Morgan fingerprint density at radius 3 is 2.74 bits per heavy atom. The highest BCUT2D eigenvalue weighted by molar-refractivity contribution is 7.99. The van der Waals surface area contributed by atoms with Gasteiger partial charge in [0.15, 0.2) is 5.13 Å². The van der Waals surface area contributed by atoms with Crippen LogP contribution in [0.2, 0.25) is 0 Å². The Labute approximate surface area is 187 Å². The Kier molecular flexibility index (Phi) is 6.90. The highest BCUT2D eigenvalue weighted by atomic mass is 32.2. The van der Waals surface area contributed by atoms with Gasteiger partial charge in [0.1, 0.15) is 5.75 Å². The number of nitrogens with one attached hydrogen (secondary N) is 1. The van der Waals surface area contributed by atoms with E-state index in [9.17, 15) is 4.79 Å². The summed E-state index contributed by atoms with van der Waals surface area (Å²) in [4.78, 5) is 16.8. The van der Waals surface area contributed by atoms with Crippen LogP contribution in [0.15, 0.2) is 65.1 Å². The molecule has 1 N–H and O–H groups in total. The molecule has 31 heavy (non-hydrogen) atoms. The maximum absolute atomic E-state index is 12.3. The molecule has 8 nitrogen and oxygen atoms in total. The molecule has 0 aliphatic rings. The Hall–Kier alpha value is -3.24. The number of aromatic nitrogens is 5. The molecule has 2 aromatic carbocycles. The minimum absolute atomic E-state index is 0.0983. The number of rotatable bonds is 9. The maximum Gasteiger partial charge on any atom is 0.226 e. The van der Waals surface area contributed by atoms with Gasteiger partial charge in [-0.2, -0.15) is 4.68 Å². The summed E-state index contributed by atoms with van der Waals surface area (Å²) in [6.45, 7) is 2.58. The van der Waals surface area contributed by atoms with Crippen molar-refractivity contribution >= 4 is 34.1 Å². The molecule has 0 bridgehead atoms. The first kappa shape index (κ1) is 21.0. The van der Waals surface area contributed by atoms with Gasteiger partial charge in [0.2, 0.25) is 11.1 Å². The molecular weight excluding hydrogens is 432 g/mol. The monoisotopic (exact) mass is 452 g/mol. The number of thioether (sulfide) groups is 1. The summed E-state index contributed by atoms with van der Waals surface area (Å²) in [5.41, 5.74) is 2.67. The van der Waals surface area contributed by atoms with Gasteiger partial charge in [0.25, 0.3) is 0 Å². The van der Waals surface area contributed by atoms with Crippen LogP contribution in [0.4, 0.5) is 5.13 Å². The highest BCUT2D eigenvalue weighted by Crippen LogP contribution is 2.27. The highest BCUT2D eigenvalue weighted by Gasteiger charge is 2.12. The molecule has 1 amide bonds. The predicted octanol–water partition coefficient (Wildman–Crippen LogP) is 4.31. The third kappa shape index (κ3) is 5.47. The van der Waals surface area contributed by atoms with E-state index in [1.165, 1.54) is 23.1 Å². The summed E-state index contributed by atoms with van der Waals surface area (Å²) >= 11 is 2.83. The number of ether oxygens (including phenoxy) is 1. The molecular formula is C21H20N6O2S2. The topological polar surface area (TPSA) is 94.8 Å². The molecule has 2 aromatic heterocycles. The lowest BCUT2D eigenvalue weighted by atomic mass is 10.2. The summed E-state index contributed by atoms with van der Waals surface area (Å²) in [5, 5.41) is 17.8. The Balaban J connectivity index is 1.29.